The first-order chi connectivity index (χ1) is 11.0. The summed E-state index contributed by atoms with van der Waals surface area (Å²) in [6, 6.07) is 11.7. The van der Waals surface area contributed by atoms with Crippen LogP contribution in [0.5, 0.6) is 5.75 Å². The number of nitrogens with two attached hydrogens (primary N) is 1. The molecule has 3 N–H and O–H groups in total. The summed E-state index contributed by atoms with van der Waals surface area (Å²) in [4.78, 5) is 12.2. The molecule has 0 radical (unpaired) electrons. The van der Waals surface area contributed by atoms with Crippen molar-refractivity contribution in [3.8, 4) is 5.75 Å². The summed E-state index contributed by atoms with van der Waals surface area (Å²) < 4.78 is 5.14. The van der Waals surface area contributed by atoms with Gasteiger partial charge in [0, 0.05) is 12.1 Å². The summed E-state index contributed by atoms with van der Waals surface area (Å²) in [5, 5.41) is 3.04. The van der Waals surface area contributed by atoms with E-state index in [0.29, 0.717) is 24.3 Å². The molecular weight excluding hydrogens is 288 g/mol. The van der Waals surface area contributed by atoms with E-state index in [2.05, 4.69) is 12.2 Å². The Morgan fingerprint density at radius 1 is 1.26 bits per heavy atom. The number of amides is 1. The molecule has 0 saturated heterocycles. The van der Waals surface area contributed by atoms with Crippen molar-refractivity contribution in [1.82, 2.24) is 0 Å². The van der Waals surface area contributed by atoms with Gasteiger partial charge in [0.1, 0.15) is 5.75 Å². The molecule has 0 aliphatic rings. The number of methoxy groups -OCH3 is 1. The summed E-state index contributed by atoms with van der Waals surface area (Å²) in [5.41, 5.74) is 10.7. The minimum absolute atomic E-state index is 0.0170. The van der Waals surface area contributed by atoms with Gasteiger partial charge in [0.2, 0.25) is 5.91 Å². The quantitative estimate of drug-likeness (QED) is 0.799. The molecule has 1 amide bonds. The summed E-state index contributed by atoms with van der Waals surface area (Å²) in [7, 11) is 1.59. The number of carbonyl (C=O) groups is 1. The molecule has 0 unspecified atom stereocenters. The van der Waals surface area contributed by atoms with Crippen molar-refractivity contribution in [2.75, 3.05) is 18.2 Å². The predicted molar refractivity (Wildman–Crippen MR) is 94.9 cm³/mol. The van der Waals surface area contributed by atoms with E-state index >= 15 is 0 Å². The number of aryl methyl sites for hydroxylation is 3. The highest BCUT2D eigenvalue weighted by molar-refractivity contribution is 5.92. The maximum Gasteiger partial charge on any atom is 0.224 e. The van der Waals surface area contributed by atoms with Crippen molar-refractivity contribution in [3.05, 3.63) is 53.1 Å². The topological polar surface area (TPSA) is 64.3 Å². The van der Waals surface area contributed by atoms with E-state index in [1.54, 1.807) is 7.11 Å². The van der Waals surface area contributed by atoms with E-state index in [0.717, 1.165) is 28.8 Å². The van der Waals surface area contributed by atoms with Gasteiger partial charge < -0.3 is 15.8 Å². The van der Waals surface area contributed by atoms with E-state index in [9.17, 15) is 4.79 Å². The summed E-state index contributed by atoms with van der Waals surface area (Å²) in [5.74, 6) is 0.675. The molecule has 2 aromatic rings. The number of nitrogens with one attached hydrogen (secondary N) is 1. The van der Waals surface area contributed by atoms with Crippen LogP contribution in [0.3, 0.4) is 0 Å². The third-order valence-corrected chi connectivity index (χ3v) is 3.94. The minimum Gasteiger partial charge on any atom is -0.495 e. The van der Waals surface area contributed by atoms with Crippen LogP contribution < -0.4 is 15.8 Å². The lowest BCUT2D eigenvalue weighted by atomic mass is 10.0. The van der Waals surface area contributed by atoms with Crippen LogP contribution >= 0.6 is 0 Å². The van der Waals surface area contributed by atoms with Crippen LogP contribution in [0.25, 0.3) is 0 Å². The van der Waals surface area contributed by atoms with Gasteiger partial charge >= 0.3 is 0 Å². The molecule has 0 spiro atoms. The number of ether oxygens (including phenoxy) is 1. The Bertz CT molecular complexity index is 696. The molecule has 0 aliphatic carbocycles. The lowest BCUT2D eigenvalue weighted by Gasteiger charge is -2.13. The molecule has 0 aliphatic heterocycles. The molecule has 0 saturated carbocycles. The van der Waals surface area contributed by atoms with Crippen LogP contribution in [-0.4, -0.2) is 13.0 Å². The smallest absolute Gasteiger partial charge is 0.224 e. The standard InChI is InChI=1S/C19H24N2O2/c1-4-15-7-5-6-13(2)19(15)21-18(22)11-9-14-8-10-17(23-3)16(20)12-14/h5-8,10,12H,4,9,11,20H2,1-3H3,(H,21,22). The van der Waals surface area contributed by atoms with Crippen LogP contribution in [-0.2, 0) is 17.6 Å². The van der Waals surface area contributed by atoms with E-state index < -0.39 is 0 Å². The van der Waals surface area contributed by atoms with Crippen LogP contribution in [0.2, 0.25) is 0 Å². The Balaban J connectivity index is 1.99. The summed E-state index contributed by atoms with van der Waals surface area (Å²) in [6.07, 6.45) is 1.96. The lowest BCUT2D eigenvalue weighted by Crippen LogP contribution is -2.14. The first-order valence-electron chi connectivity index (χ1n) is 7.85. The Morgan fingerprint density at radius 2 is 2.04 bits per heavy atom. The molecule has 4 nitrogen and oxygen atoms in total. The van der Waals surface area contributed by atoms with Crippen LogP contribution in [0.15, 0.2) is 36.4 Å². The fraction of sp³-hybridized carbons (Fsp3) is 0.316. The first kappa shape index (κ1) is 16.9. The van der Waals surface area contributed by atoms with Gasteiger partial charge in [0.05, 0.1) is 12.8 Å². The molecule has 0 fully saturated rings. The van der Waals surface area contributed by atoms with Crippen LogP contribution in [0.1, 0.15) is 30.0 Å². The van der Waals surface area contributed by atoms with Crippen molar-refractivity contribution >= 4 is 17.3 Å². The number of carbonyl (C=O) groups excluding carboxylic acids is 1. The Kier molecular flexibility index (Phi) is 5.63. The monoisotopic (exact) mass is 312 g/mol. The van der Waals surface area contributed by atoms with Gasteiger partial charge in [-0.2, -0.15) is 0 Å². The molecule has 0 heterocycles. The molecule has 0 atom stereocenters. The van der Waals surface area contributed by atoms with E-state index in [4.69, 9.17) is 10.5 Å². The van der Waals surface area contributed by atoms with Crippen molar-refractivity contribution in [3.63, 3.8) is 0 Å². The number of hydrogen-bond acceptors (Lipinski definition) is 3. The second-order valence-corrected chi connectivity index (χ2v) is 5.59. The van der Waals surface area contributed by atoms with Crippen molar-refractivity contribution < 1.29 is 9.53 Å². The molecule has 0 aromatic heterocycles. The number of benzene rings is 2. The Morgan fingerprint density at radius 3 is 2.70 bits per heavy atom. The average molecular weight is 312 g/mol. The second-order valence-electron chi connectivity index (χ2n) is 5.59. The Hall–Kier alpha value is -2.49. The third kappa shape index (κ3) is 4.25. The maximum absolute atomic E-state index is 12.2. The molecular formula is C19H24N2O2. The number of anilines is 2. The van der Waals surface area contributed by atoms with Crippen molar-refractivity contribution in [2.45, 2.75) is 33.1 Å². The predicted octanol–water partition coefficient (Wildman–Crippen LogP) is 3.72. The van der Waals surface area contributed by atoms with Gasteiger partial charge in [-0.15, -0.1) is 0 Å². The van der Waals surface area contributed by atoms with E-state index in [1.165, 1.54) is 0 Å². The first-order valence-corrected chi connectivity index (χ1v) is 7.85. The fourth-order valence-electron chi connectivity index (χ4n) is 2.60. The highest BCUT2D eigenvalue weighted by Crippen LogP contribution is 2.23. The number of rotatable bonds is 6. The molecule has 23 heavy (non-hydrogen) atoms. The number of nitrogen functional groups attached to an aromatic ring is 1. The van der Waals surface area contributed by atoms with Crippen molar-refractivity contribution in [1.29, 1.82) is 0 Å². The molecule has 122 valence electrons. The zero-order valence-electron chi connectivity index (χ0n) is 14.0. The average Bonchev–Trinajstić information content (AvgIpc) is 2.55. The lowest BCUT2D eigenvalue weighted by molar-refractivity contribution is -0.116. The fourth-order valence-corrected chi connectivity index (χ4v) is 2.60. The summed E-state index contributed by atoms with van der Waals surface area (Å²) in [6.45, 7) is 4.10. The molecule has 0 bridgehead atoms. The van der Waals surface area contributed by atoms with Gasteiger partial charge in [0.15, 0.2) is 0 Å². The van der Waals surface area contributed by atoms with Crippen LogP contribution in [0, 0.1) is 6.92 Å². The van der Waals surface area contributed by atoms with Gasteiger partial charge in [-0.1, -0.05) is 31.2 Å². The normalized spacial score (nSPS) is 10.4. The Labute approximate surface area is 137 Å². The SMILES string of the molecule is CCc1cccc(C)c1NC(=O)CCc1ccc(OC)c(N)c1. The highest BCUT2D eigenvalue weighted by Gasteiger charge is 2.09. The van der Waals surface area contributed by atoms with Gasteiger partial charge in [-0.05, 0) is 48.6 Å². The zero-order valence-corrected chi connectivity index (χ0v) is 14.0. The number of hydrogen-bond donors (Lipinski definition) is 2. The molecule has 2 aromatic carbocycles. The highest BCUT2D eigenvalue weighted by atomic mass is 16.5. The third-order valence-electron chi connectivity index (χ3n) is 3.94. The van der Waals surface area contributed by atoms with Gasteiger partial charge in [-0.25, -0.2) is 0 Å². The molecule has 2 rings (SSSR count). The number of para-hydroxylation sites is 1. The zero-order chi connectivity index (χ0) is 16.8. The van der Waals surface area contributed by atoms with Crippen molar-refractivity contribution in [2.24, 2.45) is 0 Å². The maximum atomic E-state index is 12.2. The second kappa shape index (κ2) is 7.68. The van der Waals surface area contributed by atoms with Gasteiger partial charge in [-0.3, -0.25) is 4.79 Å². The van der Waals surface area contributed by atoms with E-state index in [1.807, 2.05) is 43.3 Å². The van der Waals surface area contributed by atoms with Gasteiger partial charge in [0.25, 0.3) is 0 Å². The minimum atomic E-state index is 0.0170. The van der Waals surface area contributed by atoms with Crippen LogP contribution in [0.4, 0.5) is 11.4 Å². The molecule has 4 heteroatoms. The largest absolute Gasteiger partial charge is 0.495 e. The summed E-state index contributed by atoms with van der Waals surface area (Å²) >= 11 is 0. The van der Waals surface area contributed by atoms with E-state index in [-0.39, 0.29) is 5.91 Å².